The molecule has 0 aliphatic carbocycles. The highest BCUT2D eigenvalue weighted by atomic mass is 32.2. The van der Waals surface area contributed by atoms with E-state index in [9.17, 15) is 8.42 Å². The molecule has 3 aromatic carbocycles. The van der Waals surface area contributed by atoms with Crippen LogP contribution >= 0.6 is 0 Å². The van der Waals surface area contributed by atoms with E-state index in [0.29, 0.717) is 5.69 Å². The van der Waals surface area contributed by atoms with E-state index in [-0.39, 0.29) is 11.0 Å². The number of hydrogen-bond donors (Lipinski definition) is 0. The van der Waals surface area contributed by atoms with Gasteiger partial charge in [0.25, 0.3) is 10.0 Å². The van der Waals surface area contributed by atoms with Gasteiger partial charge in [-0.15, -0.1) is 9.19 Å². The highest BCUT2D eigenvalue weighted by Crippen LogP contribution is 2.33. The second-order valence-electron chi connectivity index (χ2n) is 6.91. The fourth-order valence-electron chi connectivity index (χ4n) is 3.34. The SMILES string of the molecule is COC(c1ccccc1)c1ccccc1-c1cn(S(=O)(=O)c2ccc(C)cc2)nn1. The Morgan fingerprint density at radius 2 is 1.57 bits per heavy atom. The molecule has 0 aliphatic heterocycles. The summed E-state index contributed by atoms with van der Waals surface area (Å²) in [6, 6.07) is 24.1. The quantitative estimate of drug-likeness (QED) is 0.468. The van der Waals surface area contributed by atoms with Gasteiger partial charge >= 0.3 is 0 Å². The van der Waals surface area contributed by atoms with Crippen molar-refractivity contribution in [3.63, 3.8) is 0 Å². The van der Waals surface area contributed by atoms with Crippen molar-refractivity contribution >= 4 is 10.0 Å². The van der Waals surface area contributed by atoms with Gasteiger partial charge in [0.05, 0.1) is 11.1 Å². The van der Waals surface area contributed by atoms with Crippen molar-refractivity contribution in [2.45, 2.75) is 17.9 Å². The van der Waals surface area contributed by atoms with Gasteiger partial charge in [-0.2, -0.15) is 8.42 Å². The maximum absolute atomic E-state index is 12.9. The van der Waals surface area contributed by atoms with E-state index in [4.69, 9.17) is 4.74 Å². The van der Waals surface area contributed by atoms with Crippen LogP contribution in [0, 0.1) is 6.92 Å². The summed E-state index contributed by atoms with van der Waals surface area (Å²) < 4.78 is 32.5. The molecular weight excluding hydrogens is 398 g/mol. The van der Waals surface area contributed by atoms with Crippen molar-refractivity contribution in [2.24, 2.45) is 0 Å². The van der Waals surface area contributed by atoms with E-state index >= 15 is 0 Å². The Bertz CT molecular complexity index is 1250. The molecule has 0 saturated heterocycles. The number of ether oxygens (including phenoxy) is 1. The molecule has 1 atom stereocenters. The van der Waals surface area contributed by atoms with Crippen LogP contribution in [-0.4, -0.2) is 29.9 Å². The highest BCUT2D eigenvalue weighted by molar-refractivity contribution is 7.89. The molecule has 0 spiro atoms. The molecule has 152 valence electrons. The molecule has 0 saturated carbocycles. The van der Waals surface area contributed by atoms with Gasteiger partial charge in [0.15, 0.2) is 0 Å². The number of rotatable bonds is 6. The lowest BCUT2D eigenvalue weighted by molar-refractivity contribution is 0.137. The fourth-order valence-corrected chi connectivity index (χ4v) is 4.40. The summed E-state index contributed by atoms with van der Waals surface area (Å²) >= 11 is 0. The highest BCUT2D eigenvalue weighted by Gasteiger charge is 2.22. The first-order valence-corrected chi connectivity index (χ1v) is 10.9. The first-order chi connectivity index (χ1) is 14.5. The Kier molecular flexibility index (Phi) is 5.48. The second kappa shape index (κ2) is 8.22. The molecule has 6 nitrogen and oxygen atoms in total. The Hall–Kier alpha value is -3.29. The molecule has 1 unspecified atom stereocenters. The van der Waals surface area contributed by atoms with Gasteiger partial charge in [0, 0.05) is 12.7 Å². The van der Waals surface area contributed by atoms with Gasteiger partial charge in [0.1, 0.15) is 11.8 Å². The van der Waals surface area contributed by atoms with Crippen molar-refractivity contribution in [1.29, 1.82) is 0 Å². The van der Waals surface area contributed by atoms with Crippen LogP contribution in [0.3, 0.4) is 0 Å². The largest absolute Gasteiger partial charge is 0.372 e. The van der Waals surface area contributed by atoms with Crippen LogP contribution in [-0.2, 0) is 14.8 Å². The predicted molar refractivity (Wildman–Crippen MR) is 115 cm³/mol. The summed E-state index contributed by atoms with van der Waals surface area (Å²) in [5.41, 5.74) is 4.07. The predicted octanol–water partition coefficient (Wildman–Crippen LogP) is 4.23. The third-order valence-corrected chi connectivity index (χ3v) is 6.43. The first kappa shape index (κ1) is 20.0. The van der Waals surface area contributed by atoms with Gasteiger partial charge < -0.3 is 4.74 Å². The monoisotopic (exact) mass is 419 g/mol. The van der Waals surface area contributed by atoms with Gasteiger partial charge in [-0.25, -0.2) is 0 Å². The Morgan fingerprint density at radius 3 is 2.27 bits per heavy atom. The van der Waals surface area contributed by atoms with Crippen LogP contribution in [0.15, 0.2) is 90.0 Å². The molecule has 0 fully saturated rings. The van der Waals surface area contributed by atoms with Crippen LogP contribution in [0.4, 0.5) is 0 Å². The van der Waals surface area contributed by atoms with Gasteiger partial charge in [-0.1, -0.05) is 77.5 Å². The molecule has 0 bridgehead atoms. The summed E-state index contributed by atoms with van der Waals surface area (Å²) in [7, 11) is -2.18. The van der Waals surface area contributed by atoms with Crippen molar-refractivity contribution in [3.05, 3.63) is 102 Å². The summed E-state index contributed by atoms with van der Waals surface area (Å²) in [5.74, 6) is 0. The zero-order valence-electron chi connectivity index (χ0n) is 16.6. The average Bonchev–Trinajstić information content (AvgIpc) is 3.27. The molecule has 4 rings (SSSR count). The maximum atomic E-state index is 12.9. The van der Waals surface area contributed by atoms with Crippen LogP contribution in [0.2, 0.25) is 0 Å². The second-order valence-corrected chi connectivity index (χ2v) is 8.70. The molecule has 0 amide bonds. The van der Waals surface area contributed by atoms with Crippen molar-refractivity contribution < 1.29 is 13.2 Å². The number of aromatic nitrogens is 3. The van der Waals surface area contributed by atoms with Gasteiger partial charge in [-0.3, -0.25) is 0 Å². The summed E-state index contributed by atoms with van der Waals surface area (Å²) in [6.07, 6.45) is 1.12. The van der Waals surface area contributed by atoms with Crippen LogP contribution in [0.1, 0.15) is 22.8 Å². The molecule has 30 heavy (non-hydrogen) atoms. The molecule has 0 radical (unpaired) electrons. The maximum Gasteiger partial charge on any atom is 0.284 e. The molecular formula is C23H21N3O3S. The third kappa shape index (κ3) is 3.77. The van der Waals surface area contributed by atoms with Crippen LogP contribution in [0.5, 0.6) is 0 Å². The lowest BCUT2D eigenvalue weighted by Crippen LogP contribution is -2.13. The normalized spacial score (nSPS) is 12.6. The van der Waals surface area contributed by atoms with Gasteiger partial charge in [-0.05, 0) is 30.2 Å². The molecule has 4 aromatic rings. The van der Waals surface area contributed by atoms with E-state index in [1.165, 1.54) is 6.20 Å². The third-order valence-electron chi connectivity index (χ3n) is 4.90. The van der Waals surface area contributed by atoms with E-state index in [2.05, 4.69) is 10.3 Å². The standard InChI is InChI=1S/C23H21N3O3S/c1-17-12-14-19(15-13-17)30(27,28)26-16-22(24-25-26)20-10-6-7-11-21(20)23(29-2)18-8-4-3-5-9-18/h3-16,23H,1-2H3. The smallest absolute Gasteiger partial charge is 0.284 e. The summed E-state index contributed by atoms with van der Waals surface area (Å²) in [4.78, 5) is 0.164. The zero-order valence-corrected chi connectivity index (χ0v) is 17.5. The molecule has 1 aromatic heterocycles. The van der Waals surface area contributed by atoms with E-state index < -0.39 is 10.0 Å². The topological polar surface area (TPSA) is 74.1 Å². The van der Waals surface area contributed by atoms with Crippen molar-refractivity contribution in [2.75, 3.05) is 7.11 Å². The van der Waals surface area contributed by atoms with E-state index in [1.807, 2.05) is 61.5 Å². The fraction of sp³-hybridized carbons (Fsp3) is 0.130. The lowest BCUT2D eigenvalue weighted by atomic mass is 9.95. The molecule has 1 heterocycles. The average molecular weight is 420 g/mol. The Balaban J connectivity index is 1.75. The van der Waals surface area contributed by atoms with Crippen LogP contribution < -0.4 is 0 Å². The molecule has 7 heteroatoms. The first-order valence-electron chi connectivity index (χ1n) is 9.42. The Labute approximate surface area is 175 Å². The summed E-state index contributed by atoms with van der Waals surface area (Å²) in [5, 5.41) is 8.05. The molecule has 0 N–H and O–H groups in total. The minimum Gasteiger partial charge on any atom is -0.372 e. The minimum atomic E-state index is -3.82. The Morgan fingerprint density at radius 1 is 0.900 bits per heavy atom. The molecule has 0 aliphatic rings. The number of hydrogen-bond acceptors (Lipinski definition) is 5. The number of benzene rings is 3. The number of aryl methyl sites for hydroxylation is 1. The summed E-state index contributed by atoms with van der Waals surface area (Å²) in [6.45, 7) is 1.90. The number of methoxy groups -OCH3 is 1. The van der Waals surface area contributed by atoms with Crippen molar-refractivity contribution in [1.82, 2.24) is 14.4 Å². The number of nitrogens with zero attached hydrogens (tertiary/aromatic N) is 3. The lowest BCUT2D eigenvalue weighted by Gasteiger charge is -2.18. The zero-order chi connectivity index (χ0) is 21.1. The van der Waals surface area contributed by atoms with Crippen molar-refractivity contribution in [3.8, 4) is 11.3 Å². The van der Waals surface area contributed by atoms with Gasteiger partial charge in [0.2, 0.25) is 0 Å². The van der Waals surface area contributed by atoms with E-state index in [1.54, 1.807) is 31.4 Å². The van der Waals surface area contributed by atoms with Crippen LogP contribution in [0.25, 0.3) is 11.3 Å². The minimum absolute atomic E-state index is 0.164. The van der Waals surface area contributed by atoms with E-state index in [0.717, 1.165) is 26.3 Å².